The molecule has 0 spiro atoms. The summed E-state index contributed by atoms with van der Waals surface area (Å²) in [6.07, 6.45) is 0. The highest BCUT2D eigenvalue weighted by molar-refractivity contribution is 5.94. The number of methoxy groups -OCH3 is 1. The van der Waals surface area contributed by atoms with Crippen LogP contribution >= 0.6 is 0 Å². The molecule has 164 valence electrons. The van der Waals surface area contributed by atoms with Crippen molar-refractivity contribution in [2.24, 2.45) is 0 Å². The maximum absolute atomic E-state index is 12.3. The fraction of sp³-hybridized carbons (Fsp3) is 0.231. The van der Waals surface area contributed by atoms with E-state index in [1.165, 1.54) is 5.56 Å². The van der Waals surface area contributed by atoms with E-state index in [4.69, 9.17) is 13.9 Å². The number of benzene rings is 3. The lowest BCUT2D eigenvalue weighted by molar-refractivity contribution is -0.118. The lowest BCUT2D eigenvalue weighted by atomic mass is 9.87. The monoisotopic (exact) mass is 430 g/mol. The van der Waals surface area contributed by atoms with Crippen molar-refractivity contribution in [1.82, 2.24) is 4.98 Å². The third-order valence-corrected chi connectivity index (χ3v) is 5.10. The molecule has 1 aromatic heterocycles. The Hall–Kier alpha value is -3.80. The minimum atomic E-state index is -0.247. The molecule has 0 radical (unpaired) electrons. The highest BCUT2D eigenvalue weighted by Crippen LogP contribution is 2.28. The van der Waals surface area contributed by atoms with Crippen LogP contribution in [0.1, 0.15) is 26.3 Å². The molecule has 0 aliphatic heterocycles. The lowest BCUT2D eigenvalue weighted by Crippen LogP contribution is -2.20. The predicted octanol–water partition coefficient (Wildman–Crippen LogP) is 5.82. The summed E-state index contributed by atoms with van der Waals surface area (Å²) in [5.41, 5.74) is 4.06. The number of fused-ring (bicyclic) bond motifs is 1. The molecule has 1 N–H and O–H groups in total. The molecule has 0 saturated heterocycles. The van der Waals surface area contributed by atoms with E-state index in [2.05, 4.69) is 31.1 Å². The average Bonchev–Trinajstić information content (AvgIpc) is 3.21. The first kappa shape index (κ1) is 21.4. The summed E-state index contributed by atoms with van der Waals surface area (Å²) in [6, 6.07) is 20.6. The Bertz CT molecular complexity index is 1220. The molecule has 0 aliphatic carbocycles. The second-order valence-corrected chi connectivity index (χ2v) is 8.54. The summed E-state index contributed by atoms with van der Waals surface area (Å²) in [6.45, 7) is 6.38. The SMILES string of the molecule is COc1ccc(-c2nc3cc(NC(=O)COc4ccc(C(C)(C)C)cc4)ccc3o2)cc1. The largest absolute Gasteiger partial charge is 0.497 e. The number of rotatable bonds is 6. The first-order chi connectivity index (χ1) is 15.3. The number of anilines is 1. The van der Waals surface area contributed by atoms with E-state index in [0.29, 0.717) is 28.4 Å². The van der Waals surface area contributed by atoms with Crippen LogP contribution in [0.15, 0.2) is 71.1 Å². The van der Waals surface area contributed by atoms with Crippen molar-refractivity contribution < 1.29 is 18.7 Å². The van der Waals surface area contributed by atoms with Crippen LogP contribution < -0.4 is 14.8 Å². The van der Waals surface area contributed by atoms with Crippen molar-refractivity contribution >= 4 is 22.7 Å². The molecular weight excluding hydrogens is 404 g/mol. The molecule has 0 saturated carbocycles. The van der Waals surface area contributed by atoms with Crippen LogP contribution in [0.3, 0.4) is 0 Å². The highest BCUT2D eigenvalue weighted by atomic mass is 16.5. The minimum Gasteiger partial charge on any atom is -0.497 e. The quantitative estimate of drug-likeness (QED) is 0.417. The fourth-order valence-electron chi connectivity index (χ4n) is 3.26. The van der Waals surface area contributed by atoms with E-state index >= 15 is 0 Å². The Balaban J connectivity index is 1.39. The Morgan fingerprint density at radius 1 is 0.969 bits per heavy atom. The summed E-state index contributed by atoms with van der Waals surface area (Å²) >= 11 is 0. The first-order valence-electron chi connectivity index (χ1n) is 10.4. The number of ether oxygens (including phenoxy) is 2. The molecule has 0 fully saturated rings. The number of carbonyl (C=O) groups excluding carboxylic acids is 1. The summed E-state index contributed by atoms with van der Waals surface area (Å²) in [7, 11) is 1.62. The Morgan fingerprint density at radius 2 is 1.66 bits per heavy atom. The van der Waals surface area contributed by atoms with Gasteiger partial charge in [-0.25, -0.2) is 4.98 Å². The van der Waals surface area contributed by atoms with Crippen LogP contribution in [0.2, 0.25) is 0 Å². The molecule has 0 atom stereocenters. The van der Waals surface area contributed by atoms with Gasteiger partial charge in [-0.1, -0.05) is 32.9 Å². The van der Waals surface area contributed by atoms with E-state index in [1.54, 1.807) is 25.3 Å². The molecule has 0 bridgehead atoms. The number of hydrogen-bond acceptors (Lipinski definition) is 5. The number of oxazole rings is 1. The molecule has 1 amide bonds. The second-order valence-electron chi connectivity index (χ2n) is 8.54. The number of nitrogens with one attached hydrogen (secondary N) is 1. The van der Waals surface area contributed by atoms with Gasteiger partial charge < -0.3 is 19.2 Å². The normalized spacial score (nSPS) is 11.4. The van der Waals surface area contributed by atoms with Gasteiger partial charge >= 0.3 is 0 Å². The average molecular weight is 431 g/mol. The molecule has 6 heteroatoms. The molecule has 4 rings (SSSR count). The van der Waals surface area contributed by atoms with Gasteiger partial charge in [-0.15, -0.1) is 0 Å². The number of nitrogens with zero attached hydrogens (tertiary/aromatic N) is 1. The third kappa shape index (κ3) is 4.91. The van der Waals surface area contributed by atoms with E-state index in [-0.39, 0.29) is 17.9 Å². The van der Waals surface area contributed by atoms with Crippen molar-refractivity contribution in [1.29, 1.82) is 0 Å². The molecule has 32 heavy (non-hydrogen) atoms. The minimum absolute atomic E-state index is 0.0723. The van der Waals surface area contributed by atoms with Gasteiger partial charge in [0.1, 0.15) is 17.0 Å². The molecule has 0 unspecified atom stereocenters. The van der Waals surface area contributed by atoms with Gasteiger partial charge in [0.25, 0.3) is 5.91 Å². The van der Waals surface area contributed by atoms with Gasteiger partial charge in [0.05, 0.1) is 7.11 Å². The summed E-state index contributed by atoms with van der Waals surface area (Å²) < 4.78 is 16.6. The lowest BCUT2D eigenvalue weighted by Gasteiger charge is -2.19. The Morgan fingerprint density at radius 3 is 2.31 bits per heavy atom. The maximum Gasteiger partial charge on any atom is 0.262 e. The number of aromatic nitrogens is 1. The Labute approximate surface area is 187 Å². The Kier molecular flexibility index (Phi) is 5.86. The van der Waals surface area contributed by atoms with Crippen molar-refractivity contribution in [3.05, 3.63) is 72.3 Å². The zero-order valence-electron chi connectivity index (χ0n) is 18.6. The molecule has 4 aromatic rings. The maximum atomic E-state index is 12.3. The van der Waals surface area contributed by atoms with E-state index in [1.807, 2.05) is 48.5 Å². The summed E-state index contributed by atoms with van der Waals surface area (Å²) in [5.74, 6) is 1.68. The second kappa shape index (κ2) is 8.75. The van der Waals surface area contributed by atoms with E-state index in [0.717, 1.165) is 11.3 Å². The highest BCUT2D eigenvalue weighted by Gasteiger charge is 2.14. The van der Waals surface area contributed by atoms with Crippen LogP contribution in [0, 0.1) is 0 Å². The van der Waals surface area contributed by atoms with Gasteiger partial charge in [0.15, 0.2) is 12.2 Å². The fourth-order valence-corrected chi connectivity index (χ4v) is 3.26. The van der Waals surface area contributed by atoms with Crippen molar-refractivity contribution in [2.75, 3.05) is 19.0 Å². The summed E-state index contributed by atoms with van der Waals surface area (Å²) in [4.78, 5) is 16.9. The van der Waals surface area contributed by atoms with E-state index in [9.17, 15) is 4.79 Å². The van der Waals surface area contributed by atoms with E-state index < -0.39 is 0 Å². The van der Waals surface area contributed by atoms with Crippen LogP contribution in [0.25, 0.3) is 22.6 Å². The topological polar surface area (TPSA) is 73.6 Å². The predicted molar refractivity (Wildman–Crippen MR) is 125 cm³/mol. The zero-order valence-corrected chi connectivity index (χ0v) is 18.6. The van der Waals surface area contributed by atoms with Gasteiger partial charge in [-0.3, -0.25) is 4.79 Å². The van der Waals surface area contributed by atoms with Gasteiger partial charge in [-0.05, 0) is 65.6 Å². The van der Waals surface area contributed by atoms with Crippen molar-refractivity contribution in [3.63, 3.8) is 0 Å². The van der Waals surface area contributed by atoms with Gasteiger partial charge in [0, 0.05) is 11.3 Å². The van der Waals surface area contributed by atoms with Crippen LogP contribution in [-0.2, 0) is 10.2 Å². The molecule has 0 aliphatic rings. The number of amides is 1. The number of carbonyl (C=O) groups is 1. The smallest absolute Gasteiger partial charge is 0.262 e. The van der Waals surface area contributed by atoms with Crippen LogP contribution in [0.5, 0.6) is 11.5 Å². The third-order valence-electron chi connectivity index (χ3n) is 5.10. The standard InChI is InChI=1S/C26H26N2O4/c1-26(2,3)18-7-12-21(13-8-18)31-16-24(29)27-19-9-14-23-22(15-19)28-25(32-23)17-5-10-20(30-4)11-6-17/h5-15H,16H2,1-4H3,(H,27,29). The molecule has 1 heterocycles. The van der Waals surface area contributed by atoms with Crippen LogP contribution in [-0.4, -0.2) is 24.6 Å². The first-order valence-corrected chi connectivity index (χ1v) is 10.4. The molecule has 6 nitrogen and oxygen atoms in total. The van der Waals surface area contributed by atoms with Crippen LogP contribution in [0.4, 0.5) is 5.69 Å². The summed E-state index contributed by atoms with van der Waals surface area (Å²) in [5, 5.41) is 2.84. The zero-order chi connectivity index (χ0) is 22.7. The molecular formula is C26H26N2O4. The van der Waals surface area contributed by atoms with Crippen molar-refractivity contribution in [3.8, 4) is 23.0 Å². The van der Waals surface area contributed by atoms with Gasteiger partial charge in [-0.2, -0.15) is 0 Å². The van der Waals surface area contributed by atoms with Crippen molar-refractivity contribution in [2.45, 2.75) is 26.2 Å². The molecule has 3 aromatic carbocycles. The number of hydrogen-bond donors (Lipinski definition) is 1. The van der Waals surface area contributed by atoms with Gasteiger partial charge in [0.2, 0.25) is 5.89 Å².